The molecule has 0 saturated heterocycles. The lowest BCUT2D eigenvalue weighted by Gasteiger charge is -2.34. The largest absolute Gasteiger partial charge is 0.495 e. The van der Waals surface area contributed by atoms with Gasteiger partial charge in [-0.3, -0.25) is 13.9 Å². The highest BCUT2D eigenvalue weighted by Gasteiger charge is 2.36. The van der Waals surface area contributed by atoms with Crippen LogP contribution in [0.3, 0.4) is 0 Å². The number of carbonyl (C=O) groups is 2. The van der Waals surface area contributed by atoms with Gasteiger partial charge in [-0.1, -0.05) is 88.9 Å². The number of halogens is 3. The van der Waals surface area contributed by atoms with Crippen molar-refractivity contribution in [1.82, 2.24) is 10.2 Å². The van der Waals surface area contributed by atoms with Crippen molar-refractivity contribution in [2.24, 2.45) is 0 Å². The van der Waals surface area contributed by atoms with Crippen molar-refractivity contribution >= 4 is 62.3 Å². The molecule has 1 atom stereocenters. The van der Waals surface area contributed by atoms with Crippen molar-refractivity contribution in [1.29, 1.82) is 0 Å². The van der Waals surface area contributed by atoms with Crippen molar-refractivity contribution in [3.63, 3.8) is 0 Å². The molecule has 0 fully saturated rings. The lowest BCUT2D eigenvalue weighted by atomic mass is 10.0. The van der Waals surface area contributed by atoms with Crippen LogP contribution >= 0.6 is 34.8 Å². The van der Waals surface area contributed by atoms with E-state index in [1.54, 1.807) is 36.4 Å². The molecule has 0 radical (unpaired) electrons. The fourth-order valence-corrected chi connectivity index (χ4v) is 7.10. The summed E-state index contributed by atoms with van der Waals surface area (Å²) >= 11 is 19.5. The number of nitrogens with one attached hydrogen (secondary N) is 1. The maximum absolute atomic E-state index is 14.7. The zero-order valence-electron chi connectivity index (χ0n) is 26.4. The summed E-state index contributed by atoms with van der Waals surface area (Å²) in [5.74, 6) is -0.927. The smallest absolute Gasteiger partial charge is 0.264 e. The fourth-order valence-electron chi connectivity index (χ4n) is 5.00. The van der Waals surface area contributed by atoms with Gasteiger partial charge in [-0.2, -0.15) is 0 Å². The van der Waals surface area contributed by atoms with Gasteiger partial charge in [0.2, 0.25) is 11.8 Å². The van der Waals surface area contributed by atoms with Crippen LogP contribution in [0, 0.1) is 6.92 Å². The Balaban J connectivity index is 1.89. The van der Waals surface area contributed by atoms with Gasteiger partial charge >= 0.3 is 0 Å². The third-order valence-electron chi connectivity index (χ3n) is 7.39. The van der Waals surface area contributed by atoms with E-state index in [1.807, 2.05) is 51.1 Å². The third-order valence-corrected chi connectivity index (χ3v) is 10.1. The zero-order valence-corrected chi connectivity index (χ0v) is 29.5. The van der Waals surface area contributed by atoms with Gasteiger partial charge in [0, 0.05) is 39.6 Å². The number of benzene rings is 4. The van der Waals surface area contributed by atoms with E-state index in [9.17, 15) is 18.0 Å². The summed E-state index contributed by atoms with van der Waals surface area (Å²) < 4.78 is 35.1. The Morgan fingerprint density at radius 3 is 2.11 bits per heavy atom. The van der Waals surface area contributed by atoms with Gasteiger partial charge in [0.25, 0.3) is 10.0 Å². The van der Waals surface area contributed by atoms with Crippen molar-refractivity contribution < 1.29 is 22.7 Å². The lowest BCUT2D eigenvalue weighted by molar-refractivity contribution is -0.140. The van der Waals surface area contributed by atoms with Crippen LogP contribution in [-0.4, -0.2) is 50.9 Å². The standard InChI is InChI=1S/C35H36Cl3N3O5S/c1-23(2)39-35(43)32(19-25-9-6-5-7-10-25)40(21-28-29(37)11-8-12-30(28)38)34(42)22-41(31-20-26(36)15-18-33(31)46-4)47(44,45)27-16-13-24(3)14-17-27/h5-18,20,23,32H,19,21-22H2,1-4H3,(H,39,43). The van der Waals surface area contributed by atoms with Crippen LogP contribution in [0.25, 0.3) is 0 Å². The van der Waals surface area contributed by atoms with Crippen LogP contribution in [0.2, 0.25) is 15.1 Å². The topological polar surface area (TPSA) is 96.0 Å². The molecule has 0 aromatic heterocycles. The molecule has 2 amide bonds. The van der Waals surface area contributed by atoms with Gasteiger partial charge < -0.3 is 15.0 Å². The Morgan fingerprint density at radius 2 is 1.51 bits per heavy atom. The van der Waals surface area contributed by atoms with Gasteiger partial charge in [0.05, 0.1) is 17.7 Å². The molecule has 8 nitrogen and oxygen atoms in total. The number of hydrogen-bond acceptors (Lipinski definition) is 5. The van der Waals surface area contributed by atoms with Crippen LogP contribution in [0.1, 0.15) is 30.5 Å². The second-order valence-electron chi connectivity index (χ2n) is 11.2. The fraction of sp³-hybridized carbons (Fsp3) is 0.257. The van der Waals surface area contributed by atoms with E-state index < -0.39 is 34.4 Å². The Kier molecular flexibility index (Phi) is 12.2. The molecule has 248 valence electrons. The van der Waals surface area contributed by atoms with Crippen LogP contribution in [0.15, 0.2) is 95.9 Å². The predicted octanol–water partition coefficient (Wildman–Crippen LogP) is 7.32. The van der Waals surface area contributed by atoms with Crippen LogP contribution < -0.4 is 14.4 Å². The highest BCUT2D eigenvalue weighted by atomic mass is 35.5. The molecule has 0 heterocycles. The molecule has 4 rings (SSSR count). The van der Waals surface area contributed by atoms with Crippen LogP contribution in [0.4, 0.5) is 5.69 Å². The average Bonchev–Trinajstić information content (AvgIpc) is 3.03. The monoisotopic (exact) mass is 715 g/mol. The SMILES string of the molecule is COc1ccc(Cl)cc1N(CC(=O)N(Cc1c(Cl)cccc1Cl)C(Cc1ccccc1)C(=O)NC(C)C)S(=O)(=O)c1ccc(C)cc1. The average molecular weight is 717 g/mol. The molecule has 0 aliphatic rings. The number of carbonyl (C=O) groups excluding carboxylic acids is 2. The van der Waals surface area contributed by atoms with Crippen molar-refractivity contribution in [2.45, 2.75) is 50.7 Å². The summed E-state index contributed by atoms with van der Waals surface area (Å²) in [6.07, 6.45) is 0.137. The summed E-state index contributed by atoms with van der Waals surface area (Å²) in [5, 5.41) is 3.73. The first-order valence-corrected chi connectivity index (χ1v) is 17.4. The minimum atomic E-state index is -4.37. The van der Waals surface area contributed by atoms with Gasteiger partial charge in [-0.05, 0) is 68.8 Å². The van der Waals surface area contributed by atoms with E-state index in [0.717, 1.165) is 15.4 Å². The second-order valence-corrected chi connectivity index (χ2v) is 14.3. The normalized spacial score (nSPS) is 12.0. The predicted molar refractivity (Wildman–Crippen MR) is 188 cm³/mol. The molecular formula is C35H36Cl3N3O5S. The first-order valence-electron chi connectivity index (χ1n) is 14.8. The highest BCUT2D eigenvalue weighted by Crippen LogP contribution is 2.35. The van der Waals surface area contributed by atoms with E-state index >= 15 is 0 Å². The number of aryl methyl sites for hydroxylation is 1. The molecule has 4 aromatic carbocycles. The molecule has 12 heteroatoms. The number of nitrogens with zero attached hydrogens (tertiary/aromatic N) is 2. The number of sulfonamides is 1. The third kappa shape index (κ3) is 8.99. The highest BCUT2D eigenvalue weighted by molar-refractivity contribution is 7.92. The summed E-state index contributed by atoms with van der Waals surface area (Å²) in [7, 11) is -2.98. The zero-order chi connectivity index (χ0) is 34.3. The summed E-state index contributed by atoms with van der Waals surface area (Å²) in [6.45, 7) is 4.59. The summed E-state index contributed by atoms with van der Waals surface area (Å²) in [6, 6.07) is 23.6. The van der Waals surface area contributed by atoms with Crippen molar-refractivity contribution in [3.8, 4) is 5.75 Å². The van der Waals surface area contributed by atoms with E-state index in [0.29, 0.717) is 15.6 Å². The maximum Gasteiger partial charge on any atom is 0.264 e. The lowest BCUT2D eigenvalue weighted by Crippen LogP contribution is -2.54. The van der Waals surface area contributed by atoms with Crippen LogP contribution in [-0.2, 0) is 32.6 Å². The molecule has 0 aliphatic carbocycles. The number of anilines is 1. The van der Waals surface area contributed by atoms with Crippen LogP contribution in [0.5, 0.6) is 5.75 Å². The van der Waals surface area contributed by atoms with Crippen molar-refractivity contribution in [2.75, 3.05) is 18.0 Å². The van der Waals surface area contributed by atoms with Gasteiger partial charge in [0.1, 0.15) is 18.3 Å². The Bertz CT molecular complexity index is 1800. The van der Waals surface area contributed by atoms with Crippen molar-refractivity contribution in [3.05, 3.63) is 123 Å². The number of ether oxygens (including phenoxy) is 1. The van der Waals surface area contributed by atoms with E-state index in [2.05, 4.69) is 5.32 Å². The minimum absolute atomic E-state index is 0.0444. The number of rotatable bonds is 13. The molecule has 0 saturated carbocycles. The van der Waals surface area contributed by atoms with Gasteiger partial charge in [-0.25, -0.2) is 8.42 Å². The maximum atomic E-state index is 14.7. The quantitative estimate of drug-likeness (QED) is 0.157. The molecular weight excluding hydrogens is 681 g/mol. The number of amides is 2. The number of hydrogen-bond donors (Lipinski definition) is 1. The first kappa shape index (κ1) is 36.1. The molecule has 47 heavy (non-hydrogen) atoms. The van der Waals surface area contributed by atoms with E-state index in [-0.39, 0.29) is 40.4 Å². The summed E-state index contributed by atoms with van der Waals surface area (Å²) in [5.41, 5.74) is 2.11. The number of methoxy groups -OCH3 is 1. The Labute approximate surface area is 291 Å². The summed E-state index contributed by atoms with van der Waals surface area (Å²) in [4.78, 5) is 29.8. The molecule has 0 spiro atoms. The van der Waals surface area contributed by atoms with E-state index in [4.69, 9.17) is 39.5 Å². The van der Waals surface area contributed by atoms with Gasteiger partial charge in [0.15, 0.2) is 0 Å². The molecule has 1 N–H and O–H groups in total. The van der Waals surface area contributed by atoms with Gasteiger partial charge in [-0.15, -0.1) is 0 Å². The molecule has 1 unspecified atom stereocenters. The molecule has 0 bridgehead atoms. The Morgan fingerprint density at radius 1 is 0.872 bits per heavy atom. The molecule has 0 aliphatic heterocycles. The second kappa shape index (κ2) is 15.9. The first-order chi connectivity index (χ1) is 22.3. The molecule has 4 aromatic rings. The minimum Gasteiger partial charge on any atom is -0.495 e. The van der Waals surface area contributed by atoms with E-state index in [1.165, 1.54) is 36.3 Å². The Hall–Kier alpha value is -3.76.